The highest BCUT2D eigenvalue weighted by Gasteiger charge is 1.98. The molecule has 0 aliphatic carbocycles. The Hall–Kier alpha value is -0.770. The standard InChI is InChI=1S/C17H38N4/c1-6-18-17(20-14-12-16(2)3)19-13-10-8-7-9-11-15-21(4)5/h16H,6-15H2,1-5H3,(H2,18,19,20). The molecule has 0 radical (unpaired) electrons. The Labute approximate surface area is 132 Å². The first-order valence-electron chi connectivity index (χ1n) is 8.73. The van der Waals surface area contributed by atoms with Gasteiger partial charge in [0.15, 0.2) is 5.96 Å². The highest BCUT2D eigenvalue weighted by Crippen LogP contribution is 2.03. The maximum absolute atomic E-state index is 4.64. The molecule has 0 aliphatic rings. The topological polar surface area (TPSA) is 39.7 Å². The van der Waals surface area contributed by atoms with Crippen LogP contribution in [0.2, 0.25) is 0 Å². The molecule has 0 heterocycles. The lowest BCUT2D eigenvalue weighted by Crippen LogP contribution is -2.38. The largest absolute Gasteiger partial charge is 0.357 e. The molecule has 0 aromatic carbocycles. The molecule has 21 heavy (non-hydrogen) atoms. The predicted octanol–water partition coefficient (Wildman–Crippen LogP) is 3.10. The van der Waals surface area contributed by atoms with E-state index in [0.29, 0.717) is 0 Å². The number of guanidine groups is 1. The van der Waals surface area contributed by atoms with Gasteiger partial charge in [-0.1, -0.05) is 33.1 Å². The molecule has 0 atom stereocenters. The van der Waals surface area contributed by atoms with Crippen molar-refractivity contribution in [3.05, 3.63) is 0 Å². The summed E-state index contributed by atoms with van der Waals surface area (Å²) in [7, 11) is 4.28. The van der Waals surface area contributed by atoms with Crippen LogP contribution in [0.25, 0.3) is 0 Å². The van der Waals surface area contributed by atoms with Gasteiger partial charge in [0.2, 0.25) is 0 Å². The number of nitrogens with one attached hydrogen (secondary N) is 2. The van der Waals surface area contributed by atoms with E-state index in [1.165, 1.54) is 45.1 Å². The Bertz CT molecular complexity index is 249. The first-order chi connectivity index (χ1) is 10.1. The Kier molecular flexibility index (Phi) is 13.7. The summed E-state index contributed by atoms with van der Waals surface area (Å²) in [4.78, 5) is 6.90. The van der Waals surface area contributed by atoms with Gasteiger partial charge in [0, 0.05) is 19.6 Å². The highest BCUT2D eigenvalue weighted by atomic mass is 15.2. The van der Waals surface area contributed by atoms with E-state index < -0.39 is 0 Å². The number of unbranched alkanes of at least 4 members (excludes halogenated alkanes) is 4. The summed E-state index contributed by atoms with van der Waals surface area (Å²) in [5.41, 5.74) is 0. The second-order valence-corrected chi connectivity index (χ2v) is 6.44. The normalized spacial score (nSPS) is 12.2. The van der Waals surface area contributed by atoms with Crippen LogP contribution in [-0.4, -0.2) is 51.1 Å². The Balaban J connectivity index is 3.63. The zero-order chi connectivity index (χ0) is 15.9. The van der Waals surface area contributed by atoms with Crippen LogP contribution in [0.15, 0.2) is 4.99 Å². The quantitative estimate of drug-likeness (QED) is 0.330. The molecule has 0 amide bonds. The molecular weight excluding hydrogens is 260 g/mol. The van der Waals surface area contributed by atoms with E-state index in [-0.39, 0.29) is 0 Å². The number of aliphatic imine (C=N–C) groups is 1. The molecule has 0 saturated heterocycles. The van der Waals surface area contributed by atoms with Crippen molar-refractivity contribution >= 4 is 5.96 Å². The van der Waals surface area contributed by atoms with Crippen molar-refractivity contribution in [1.82, 2.24) is 15.5 Å². The zero-order valence-electron chi connectivity index (χ0n) is 15.0. The van der Waals surface area contributed by atoms with Gasteiger partial charge in [-0.05, 0) is 52.7 Å². The maximum atomic E-state index is 4.64. The molecule has 126 valence electrons. The van der Waals surface area contributed by atoms with Crippen molar-refractivity contribution in [2.75, 3.05) is 40.3 Å². The summed E-state index contributed by atoms with van der Waals surface area (Å²) < 4.78 is 0. The molecule has 0 aromatic rings. The first kappa shape index (κ1) is 20.2. The average molecular weight is 299 g/mol. The molecule has 0 rings (SSSR count). The van der Waals surface area contributed by atoms with E-state index in [2.05, 4.69) is 55.4 Å². The van der Waals surface area contributed by atoms with Crippen molar-refractivity contribution in [3.8, 4) is 0 Å². The maximum Gasteiger partial charge on any atom is 0.191 e. The van der Waals surface area contributed by atoms with Gasteiger partial charge in [-0.25, -0.2) is 0 Å². The van der Waals surface area contributed by atoms with E-state index in [1.807, 2.05) is 0 Å². The zero-order valence-corrected chi connectivity index (χ0v) is 15.0. The molecule has 0 unspecified atom stereocenters. The van der Waals surface area contributed by atoms with Crippen molar-refractivity contribution in [2.24, 2.45) is 10.9 Å². The summed E-state index contributed by atoms with van der Waals surface area (Å²) in [6.07, 6.45) is 7.67. The fourth-order valence-electron chi connectivity index (χ4n) is 2.08. The summed E-state index contributed by atoms with van der Waals surface area (Å²) in [6.45, 7) is 10.7. The van der Waals surface area contributed by atoms with Crippen LogP contribution >= 0.6 is 0 Å². The van der Waals surface area contributed by atoms with E-state index in [1.54, 1.807) is 0 Å². The molecule has 4 nitrogen and oxygen atoms in total. The highest BCUT2D eigenvalue weighted by molar-refractivity contribution is 5.79. The number of hydrogen-bond donors (Lipinski definition) is 2. The molecule has 0 aliphatic heterocycles. The fraction of sp³-hybridized carbons (Fsp3) is 0.941. The SMILES string of the molecule is CCNC(=NCCCCCCCN(C)C)NCCC(C)C. The van der Waals surface area contributed by atoms with Crippen LogP contribution in [0.1, 0.15) is 59.3 Å². The lowest BCUT2D eigenvalue weighted by atomic mass is 10.1. The van der Waals surface area contributed by atoms with Crippen LogP contribution in [0.5, 0.6) is 0 Å². The molecule has 0 aromatic heterocycles. The third-order valence-corrected chi connectivity index (χ3v) is 3.39. The molecule has 0 bridgehead atoms. The Morgan fingerprint density at radius 3 is 2.29 bits per heavy atom. The Morgan fingerprint density at radius 1 is 1.00 bits per heavy atom. The van der Waals surface area contributed by atoms with Crippen molar-refractivity contribution in [1.29, 1.82) is 0 Å². The minimum atomic E-state index is 0.738. The minimum Gasteiger partial charge on any atom is -0.357 e. The van der Waals surface area contributed by atoms with Crippen LogP contribution in [-0.2, 0) is 0 Å². The van der Waals surface area contributed by atoms with Gasteiger partial charge in [0.25, 0.3) is 0 Å². The first-order valence-corrected chi connectivity index (χ1v) is 8.73. The van der Waals surface area contributed by atoms with E-state index in [0.717, 1.165) is 31.5 Å². The molecule has 0 fully saturated rings. The second-order valence-electron chi connectivity index (χ2n) is 6.44. The monoisotopic (exact) mass is 298 g/mol. The third kappa shape index (κ3) is 15.4. The van der Waals surface area contributed by atoms with Gasteiger partial charge < -0.3 is 15.5 Å². The molecular formula is C17H38N4. The van der Waals surface area contributed by atoms with Crippen molar-refractivity contribution in [3.63, 3.8) is 0 Å². The van der Waals surface area contributed by atoms with Gasteiger partial charge in [-0.2, -0.15) is 0 Å². The number of hydrogen-bond acceptors (Lipinski definition) is 2. The van der Waals surface area contributed by atoms with Crippen LogP contribution in [0.4, 0.5) is 0 Å². The van der Waals surface area contributed by atoms with E-state index in [4.69, 9.17) is 0 Å². The van der Waals surface area contributed by atoms with Crippen LogP contribution < -0.4 is 10.6 Å². The molecule has 0 saturated carbocycles. The molecule has 0 spiro atoms. The summed E-state index contributed by atoms with van der Waals surface area (Å²) >= 11 is 0. The second kappa shape index (κ2) is 14.2. The molecule has 2 N–H and O–H groups in total. The predicted molar refractivity (Wildman–Crippen MR) is 95.1 cm³/mol. The third-order valence-electron chi connectivity index (χ3n) is 3.39. The Morgan fingerprint density at radius 2 is 1.67 bits per heavy atom. The average Bonchev–Trinajstić information content (AvgIpc) is 2.40. The van der Waals surface area contributed by atoms with Crippen LogP contribution in [0.3, 0.4) is 0 Å². The fourth-order valence-corrected chi connectivity index (χ4v) is 2.08. The van der Waals surface area contributed by atoms with Gasteiger partial charge in [0.05, 0.1) is 0 Å². The van der Waals surface area contributed by atoms with Crippen LogP contribution in [0, 0.1) is 5.92 Å². The minimum absolute atomic E-state index is 0.738. The summed E-state index contributed by atoms with van der Waals surface area (Å²) in [5, 5.41) is 6.72. The van der Waals surface area contributed by atoms with Gasteiger partial charge >= 0.3 is 0 Å². The molecule has 4 heteroatoms. The smallest absolute Gasteiger partial charge is 0.191 e. The number of nitrogens with zero attached hydrogens (tertiary/aromatic N) is 2. The summed E-state index contributed by atoms with van der Waals surface area (Å²) in [6, 6.07) is 0. The van der Waals surface area contributed by atoms with Crippen molar-refractivity contribution in [2.45, 2.75) is 59.3 Å². The van der Waals surface area contributed by atoms with E-state index >= 15 is 0 Å². The lowest BCUT2D eigenvalue weighted by Gasteiger charge is -2.12. The summed E-state index contributed by atoms with van der Waals surface area (Å²) in [5.74, 6) is 1.72. The van der Waals surface area contributed by atoms with Gasteiger partial charge in [-0.15, -0.1) is 0 Å². The van der Waals surface area contributed by atoms with E-state index in [9.17, 15) is 0 Å². The van der Waals surface area contributed by atoms with Gasteiger partial charge in [-0.3, -0.25) is 4.99 Å². The van der Waals surface area contributed by atoms with Gasteiger partial charge in [0.1, 0.15) is 0 Å². The lowest BCUT2D eigenvalue weighted by molar-refractivity contribution is 0.390. The van der Waals surface area contributed by atoms with Crippen molar-refractivity contribution < 1.29 is 0 Å². The number of rotatable bonds is 12.